The SMILES string of the molecule is COC(=O)C1C(=O)Nc2n[nH]c(C)c2C1c1ccc(C#N)cc1. The van der Waals surface area contributed by atoms with Crippen LogP contribution in [0.15, 0.2) is 24.3 Å². The molecule has 0 fully saturated rings. The summed E-state index contributed by atoms with van der Waals surface area (Å²) in [6.07, 6.45) is 0. The molecule has 0 bridgehead atoms. The maximum atomic E-state index is 12.4. The topological polar surface area (TPSA) is 108 Å². The minimum Gasteiger partial charge on any atom is -0.468 e. The van der Waals surface area contributed by atoms with Crippen LogP contribution in [0.4, 0.5) is 5.82 Å². The van der Waals surface area contributed by atoms with Crippen LogP contribution in [0.3, 0.4) is 0 Å². The summed E-state index contributed by atoms with van der Waals surface area (Å²) in [4.78, 5) is 24.5. The number of hydrogen-bond donors (Lipinski definition) is 2. The number of rotatable bonds is 2. The molecule has 2 N–H and O–H groups in total. The zero-order valence-corrected chi connectivity index (χ0v) is 12.6. The number of anilines is 1. The lowest BCUT2D eigenvalue weighted by Crippen LogP contribution is -2.39. The highest BCUT2D eigenvalue weighted by Gasteiger charge is 2.44. The van der Waals surface area contributed by atoms with Gasteiger partial charge in [-0.05, 0) is 24.6 Å². The molecule has 7 heteroatoms. The zero-order valence-electron chi connectivity index (χ0n) is 12.6. The van der Waals surface area contributed by atoms with E-state index in [0.717, 1.165) is 16.8 Å². The molecule has 23 heavy (non-hydrogen) atoms. The maximum Gasteiger partial charge on any atom is 0.319 e. The van der Waals surface area contributed by atoms with Crippen molar-refractivity contribution in [2.75, 3.05) is 12.4 Å². The quantitative estimate of drug-likeness (QED) is 0.645. The van der Waals surface area contributed by atoms with Gasteiger partial charge >= 0.3 is 5.97 Å². The molecule has 1 aromatic carbocycles. The second kappa shape index (κ2) is 5.57. The van der Waals surface area contributed by atoms with E-state index in [1.54, 1.807) is 24.3 Å². The fraction of sp³-hybridized carbons (Fsp3) is 0.250. The van der Waals surface area contributed by atoms with Gasteiger partial charge in [0.2, 0.25) is 5.91 Å². The fourth-order valence-electron chi connectivity index (χ4n) is 2.92. The number of aryl methyl sites for hydroxylation is 1. The van der Waals surface area contributed by atoms with E-state index in [2.05, 4.69) is 15.5 Å². The molecule has 2 aromatic rings. The van der Waals surface area contributed by atoms with E-state index < -0.39 is 23.7 Å². The van der Waals surface area contributed by atoms with E-state index in [0.29, 0.717) is 11.4 Å². The van der Waals surface area contributed by atoms with Gasteiger partial charge in [0.25, 0.3) is 0 Å². The minimum atomic E-state index is -1.00. The third kappa shape index (κ3) is 2.34. The van der Waals surface area contributed by atoms with Crippen LogP contribution in [0.1, 0.15) is 28.3 Å². The monoisotopic (exact) mass is 310 g/mol. The second-order valence-electron chi connectivity index (χ2n) is 5.31. The number of methoxy groups -OCH3 is 1. The summed E-state index contributed by atoms with van der Waals surface area (Å²) in [7, 11) is 1.25. The number of amides is 1. The Balaban J connectivity index is 2.17. The number of H-pyrrole nitrogens is 1. The Morgan fingerprint density at radius 3 is 2.65 bits per heavy atom. The van der Waals surface area contributed by atoms with Crippen molar-refractivity contribution in [3.63, 3.8) is 0 Å². The van der Waals surface area contributed by atoms with Crippen LogP contribution in [0.5, 0.6) is 0 Å². The van der Waals surface area contributed by atoms with E-state index in [1.165, 1.54) is 7.11 Å². The predicted molar refractivity (Wildman–Crippen MR) is 80.5 cm³/mol. The van der Waals surface area contributed by atoms with Gasteiger partial charge in [-0.25, -0.2) is 0 Å². The number of nitrogens with zero attached hydrogens (tertiary/aromatic N) is 2. The van der Waals surface area contributed by atoms with E-state index in [1.807, 2.05) is 13.0 Å². The van der Waals surface area contributed by atoms with Crippen molar-refractivity contribution in [3.8, 4) is 6.07 Å². The van der Waals surface area contributed by atoms with Crippen molar-refractivity contribution < 1.29 is 14.3 Å². The molecule has 3 rings (SSSR count). The molecule has 0 spiro atoms. The normalized spacial score (nSPS) is 19.4. The number of carbonyl (C=O) groups excluding carboxylic acids is 2. The molecular formula is C16H14N4O3. The van der Waals surface area contributed by atoms with E-state index in [9.17, 15) is 9.59 Å². The molecular weight excluding hydrogens is 296 g/mol. The Labute approximate surface area is 132 Å². The lowest BCUT2D eigenvalue weighted by atomic mass is 9.77. The first-order valence-electron chi connectivity index (χ1n) is 7.00. The lowest BCUT2D eigenvalue weighted by Gasteiger charge is -2.29. The summed E-state index contributed by atoms with van der Waals surface area (Å²) in [5.41, 5.74) is 2.78. The lowest BCUT2D eigenvalue weighted by molar-refractivity contribution is -0.149. The fourth-order valence-corrected chi connectivity index (χ4v) is 2.92. The molecule has 0 saturated heterocycles. The van der Waals surface area contributed by atoms with E-state index in [-0.39, 0.29) is 0 Å². The number of nitrogens with one attached hydrogen (secondary N) is 2. The van der Waals surface area contributed by atoms with Gasteiger partial charge in [0.1, 0.15) is 5.92 Å². The number of fused-ring (bicyclic) bond motifs is 1. The number of aromatic nitrogens is 2. The summed E-state index contributed by atoms with van der Waals surface area (Å²) in [6.45, 7) is 1.83. The van der Waals surface area contributed by atoms with Crippen LogP contribution in [-0.2, 0) is 14.3 Å². The van der Waals surface area contributed by atoms with Gasteiger partial charge < -0.3 is 10.1 Å². The molecule has 0 radical (unpaired) electrons. The number of hydrogen-bond acceptors (Lipinski definition) is 5. The molecule has 1 aliphatic rings. The molecule has 2 heterocycles. The highest BCUT2D eigenvalue weighted by atomic mass is 16.5. The number of esters is 1. The van der Waals surface area contributed by atoms with Crippen molar-refractivity contribution in [2.45, 2.75) is 12.8 Å². The van der Waals surface area contributed by atoms with E-state index in [4.69, 9.17) is 10.00 Å². The Morgan fingerprint density at radius 2 is 2.04 bits per heavy atom. The maximum absolute atomic E-state index is 12.4. The number of aromatic amines is 1. The van der Waals surface area contributed by atoms with Crippen LogP contribution >= 0.6 is 0 Å². The Kier molecular flexibility index (Phi) is 3.58. The molecule has 0 saturated carbocycles. The number of benzene rings is 1. The van der Waals surface area contributed by atoms with Crippen molar-refractivity contribution in [1.82, 2.24) is 10.2 Å². The summed E-state index contributed by atoms with van der Waals surface area (Å²) in [6, 6.07) is 8.85. The molecule has 2 atom stereocenters. The summed E-state index contributed by atoms with van der Waals surface area (Å²) >= 11 is 0. The minimum absolute atomic E-state index is 0.419. The zero-order chi connectivity index (χ0) is 16.6. The summed E-state index contributed by atoms with van der Waals surface area (Å²) < 4.78 is 4.81. The average molecular weight is 310 g/mol. The first kappa shape index (κ1) is 14.8. The van der Waals surface area contributed by atoms with Gasteiger partial charge in [-0.3, -0.25) is 14.7 Å². The van der Waals surface area contributed by atoms with Gasteiger partial charge in [0, 0.05) is 17.2 Å². The molecule has 116 valence electrons. The van der Waals surface area contributed by atoms with Crippen molar-refractivity contribution in [1.29, 1.82) is 5.26 Å². The predicted octanol–water partition coefficient (Wildman–Crippen LogP) is 1.46. The van der Waals surface area contributed by atoms with Crippen molar-refractivity contribution in [3.05, 3.63) is 46.6 Å². The standard InChI is InChI=1S/C16H14N4O3/c1-8-11-12(10-5-3-9(7-17)4-6-10)13(16(22)23-2)15(21)18-14(11)20-19-8/h3-6,12-13H,1-2H3,(H2,18,19,20,21). The van der Waals surface area contributed by atoms with Crippen LogP contribution in [0.2, 0.25) is 0 Å². The molecule has 1 aliphatic heterocycles. The van der Waals surface area contributed by atoms with E-state index >= 15 is 0 Å². The first-order chi connectivity index (χ1) is 11.1. The summed E-state index contributed by atoms with van der Waals surface area (Å²) in [5, 5.41) is 18.5. The number of carbonyl (C=O) groups is 2. The first-order valence-corrected chi connectivity index (χ1v) is 7.00. The van der Waals surface area contributed by atoms with Crippen LogP contribution < -0.4 is 5.32 Å². The highest BCUT2D eigenvalue weighted by molar-refractivity contribution is 6.08. The van der Waals surface area contributed by atoms with Crippen molar-refractivity contribution >= 4 is 17.7 Å². The second-order valence-corrected chi connectivity index (χ2v) is 5.31. The molecule has 7 nitrogen and oxygen atoms in total. The molecule has 2 unspecified atom stereocenters. The third-order valence-electron chi connectivity index (χ3n) is 4.02. The molecule has 1 amide bonds. The van der Waals surface area contributed by atoms with Crippen LogP contribution in [0.25, 0.3) is 0 Å². The van der Waals surface area contributed by atoms with Gasteiger partial charge in [-0.1, -0.05) is 12.1 Å². The largest absolute Gasteiger partial charge is 0.468 e. The highest BCUT2D eigenvalue weighted by Crippen LogP contribution is 2.41. The van der Waals surface area contributed by atoms with Crippen molar-refractivity contribution in [2.24, 2.45) is 5.92 Å². The smallest absolute Gasteiger partial charge is 0.319 e. The summed E-state index contributed by atoms with van der Waals surface area (Å²) in [5.74, 6) is -2.16. The van der Waals surface area contributed by atoms with Gasteiger partial charge in [-0.2, -0.15) is 10.4 Å². The molecule has 0 aliphatic carbocycles. The average Bonchev–Trinajstić information content (AvgIpc) is 2.93. The van der Waals surface area contributed by atoms with Gasteiger partial charge in [0.15, 0.2) is 5.82 Å². The number of nitriles is 1. The number of ether oxygens (including phenoxy) is 1. The van der Waals surface area contributed by atoms with Gasteiger partial charge in [0.05, 0.1) is 18.7 Å². The Bertz CT molecular complexity index is 817. The molecule has 1 aromatic heterocycles. The van der Waals surface area contributed by atoms with Crippen LogP contribution in [-0.4, -0.2) is 29.2 Å². The Hall–Kier alpha value is -3.14. The Morgan fingerprint density at radius 1 is 1.35 bits per heavy atom. The van der Waals surface area contributed by atoms with Gasteiger partial charge in [-0.15, -0.1) is 0 Å². The third-order valence-corrected chi connectivity index (χ3v) is 4.02. The van der Waals surface area contributed by atoms with Crippen LogP contribution in [0, 0.1) is 24.2 Å².